The average molecular weight is 411 g/mol. The van der Waals surface area contributed by atoms with Crippen LogP contribution in [0.2, 0.25) is 0 Å². The molecule has 0 saturated carbocycles. The zero-order valence-electron chi connectivity index (χ0n) is 16.8. The van der Waals surface area contributed by atoms with Crippen molar-refractivity contribution in [1.82, 2.24) is 10.2 Å². The Labute approximate surface area is 175 Å². The number of rotatable bonds is 6. The first kappa shape index (κ1) is 21.3. The van der Waals surface area contributed by atoms with Gasteiger partial charge < -0.3 is 15.0 Å². The van der Waals surface area contributed by atoms with Crippen molar-refractivity contribution in [3.8, 4) is 0 Å². The second kappa shape index (κ2) is 9.87. The molecule has 2 atom stereocenters. The van der Waals surface area contributed by atoms with Gasteiger partial charge in [-0.3, -0.25) is 14.9 Å². The van der Waals surface area contributed by atoms with Crippen LogP contribution in [0.5, 0.6) is 0 Å². The van der Waals surface area contributed by atoms with Gasteiger partial charge in [-0.15, -0.1) is 0 Å². The topological polar surface area (TPSA) is 102 Å². The number of nitrogens with one attached hydrogen (secondary N) is 1. The third kappa shape index (κ3) is 5.56. The maximum atomic E-state index is 12.8. The van der Waals surface area contributed by atoms with Gasteiger partial charge in [-0.25, -0.2) is 4.79 Å². The van der Waals surface area contributed by atoms with Crippen LogP contribution < -0.4 is 5.32 Å². The summed E-state index contributed by atoms with van der Waals surface area (Å²) in [5.74, 6) is -0.135. The summed E-state index contributed by atoms with van der Waals surface area (Å²) < 4.78 is 5.50. The van der Waals surface area contributed by atoms with Crippen LogP contribution in [-0.2, 0) is 22.6 Å². The van der Waals surface area contributed by atoms with Crippen LogP contribution in [0.4, 0.5) is 10.5 Å². The molecule has 0 aromatic heterocycles. The van der Waals surface area contributed by atoms with Crippen LogP contribution in [0.25, 0.3) is 0 Å². The number of benzene rings is 2. The summed E-state index contributed by atoms with van der Waals surface area (Å²) in [5, 5.41) is 14.3. The molecule has 1 heterocycles. The van der Waals surface area contributed by atoms with E-state index in [9.17, 15) is 19.7 Å². The molecule has 0 bridgehead atoms. The van der Waals surface area contributed by atoms with Gasteiger partial charge in [-0.05, 0) is 24.8 Å². The number of ether oxygens (including phenoxy) is 1. The number of carbonyl (C=O) groups is 2. The van der Waals surface area contributed by atoms with E-state index in [0.29, 0.717) is 31.4 Å². The zero-order chi connectivity index (χ0) is 21.5. The molecule has 1 N–H and O–H groups in total. The molecule has 158 valence electrons. The predicted octanol–water partition coefficient (Wildman–Crippen LogP) is 3.44. The molecule has 2 aromatic carbocycles. The largest absolute Gasteiger partial charge is 0.445 e. The van der Waals surface area contributed by atoms with Crippen molar-refractivity contribution in [2.45, 2.75) is 44.9 Å². The van der Waals surface area contributed by atoms with Crippen molar-refractivity contribution in [3.63, 3.8) is 0 Å². The smallest absolute Gasteiger partial charge is 0.410 e. The molecule has 2 aromatic rings. The quantitative estimate of drug-likeness (QED) is 0.579. The lowest BCUT2D eigenvalue weighted by Gasteiger charge is -2.39. The lowest BCUT2D eigenvalue weighted by atomic mass is 9.92. The molecule has 8 heteroatoms. The summed E-state index contributed by atoms with van der Waals surface area (Å²) in [6.07, 6.45) is 0.969. The highest BCUT2D eigenvalue weighted by molar-refractivity contribution is 5.73. The van der Waals surface area contributed by atoms with Crippen LogP contribution in [0.1, 0.15) is 30.9 Å². The second-order valence-electron chi connectivity index (χ2n) is 7.40. The van der Waals surface area contributed by atoms with Crippen molar-refractivity contribution in [1.29, 1.82) is 0 Å². The molecule has 2 amide bonds. The van der Waals surface area contributed by atoms with E-state index in [-0.39, 0.29) is 30.3 Å². The molecule has 30 heavy (non-hydrogen) atoms. The molecule has 0 unspecified atom stereocenters. The van der Waals surface area contributed by atoms with Crippen molar-refractivity contribution in [2.24, 2.45) is 0 Å². The van der Waals surface area contributed by atoms with Crippen molar-refractivity contribution in [2.75, 3.05) is 6.54 Å². The molecular weight excluding hydrogens is 386 g/mol. The Hall–Kier alpha value is -3.42. The molecule has 3 rings (SSSR count). The fourth-order valence-corrected chi connectivity index (χ4v) is 3.82. The first-order valence-corrected chi connectivity index (χ1v) is 9.90. The summed E-state index contributed by atoms with van der Waals surface area (Å²) in [6.45, 7) is 2.02. The molecule has 8 nitrogen and oxygen atoms in total. The Morgan fingerprint density at radius 3 is 2.57 bits per heavy atom. The fourth-order valence-electron chi connectivity index (χ4n) is 3.82. The van der Waals surface area contributed by atoms with E-state index < -0.39 is 11.0 Å². The summed E-state index contributed by atoms with van der Waals surface area (Å²) in [4.78, 5) is 36.9. The van der Waals surface area contributed by atoms with Crippen LogP contribution in [0, 0.1) is 10.1 Å². The standard InChI is InChI=1S/C22H25N3O5/c1-16(26)23-19-11-12-24(22(27)30-15-17-7-3-2-4-8-17)20(14-19)13-18-9-5-6-10-21(18)25(28)29/h2-10,19-20H,11-15H2,1H3,(H,23,26)/t19-,20+/m0/s1. The lowest BCUT2D eigenvalue weighted by Crippen LogP contribution is -2.52. The van der Waals surface area contributed by atoms with Gasteiger partial charge in [0.25, 0.3) is 5.69 Å². The number of amides is 2. The van der Waals surface area contributed by atoms with Gasteiger partial charge in [0, 0.05) is 37.2 Å². The minimum atomic E-state index is -0.455. The lowest BCUT2D eigenvalue weighted by molar-refractivity contribution is -0.385. The first-order valence-electron chi connectivity index (χ1n) is 9.90. The van der Waals surface area contributed by atoms with Crippen LogP contribution in [0.3, 0.4) is 0 Å². The summed E-state index contributed by atoms with van der Waals surface area (Å²) in [7, 11) is 0. The van der Waals surface area contributed by atoms with E-state index in [0.717, 1.165) is 5.56 Å². The van der Waals surface area contributed by atoms with Gasteiger partial charge >= 0.3 is 6.09 Å². The second-order valence-corrected chi connectivity index (χ2v) is 7.40. The Kier molecular flexibility index (Phi) is 7.00. The monoisotopic (exact) mass is 411 g/mol. The molecular formula is C22H25N3O5. The summed E-state index contributed by atoms with van der Waals surface area (Å²) >= 11 is 0. The molecule has 1 aliphatic rings. The molecule has 1 aliphatic heterocycles. The third-order valence-corrected chi connectivity index (χ3v) is 5.21. The van der Waals surface area contributed by atoms with Crippen LogP contribution in [0.15, 0.2) is 54.6 Å². The number of piperidine rings is 1. The van der Waals surface area contributed by atoms with E-state index >= 15 is 0 Å². The Balaban J connectivity index is 1.75. The molecule has 1 fully saturated rings. The third-order valence-electron chi connectivity index (χ3n) is 5.21. The highest BCUT2D eigenvalue weighted by Crippen LogP contribution is 2.26. The molecule has 0 spiro atoms. The van der Waals surface area contributed by atoms with Gasteiger partial charge in [-0.1, -0.05) is 48.5 Å². The van der Waals surface area contributed by atoms with Crippen molar-refractivity contribution < 1.29 is 19.2 Å². The maximum Gasteiger partial charge on any atom is 0.410 e. The van der Waals surface area contributed by atoms with Crippen LogP contribution >= 0.6 is 0 Å². The van der Waals surface area contributed by atoms with E-state index in [1.165, 1.54) is 13.0 Å². The minimum absolute atomic E-state index is 0.0248. The normalized spacial score (nSPS) is 18.5. The molecule has 0 radical (unpaired) electrons. The van der Waals surface area contributed by atoms with Gasteiger partial charge in [0.2, 0.25) is 5.91 Å². The van der Waals surface area contributed by atoms with Gasteiger partial charge in [-0.2, -0.15) is 0 Å². The Bertz CT molecular complexity index is 903. The first-order chi connectivity index (χ1) is 14.4. The van der Waals surface area contributed by atoms with E-state index in [2.05, 4.69) is 5.32 Å². The van der Waals surface area contributed by atoms with E-state index in [1.807, 2.05) is 30.3 Å². The number of likely N-dealkylation sites (tertiary alicyclic amines) is 1. The summed E-state index contributed by atoms with van der Waals surface area (Å²) in [5.41, 5.74) is 1.46. The predicted molar refractivity (Wildman–Crippen MR) is 111 cm³/mol. The number of nitrogens with zero attached hydrogens (tertiary/aromatic N) is 2. The number of carbonyl (C=O) groups excluding carboxylic acids is 2. The van der Waals surface area contributed by atoms with Crippen molar-refractivity contribution >= 4 is 17.7 Å². The van der Waals surface area contributed by atoms with Gasteiger partial charge in [0.05, 0.1) is 4.92 Å². The highest BCUT2D eigenvalue weighted by Gasteiger charge is 2.34. The van der Waals surface area contributed by atoms with Crippen molar-refractivity contribution in [3.05, 3.63) is 75.8 Å². The zero-order valence-corrected chi connectivity index (χ0v) is 16.8. The Morgan fingerprint density at radius 1 is 1.17 bits per heavy atom. The SMILES string of the molecule is CC(=O)N[C@H]1CCN(C(=O)OCc2ccccc2)[C@H](Cc2ccccc2[N+](=O)[O-])C1. The number of hydrogen-bond acceptors (Lipinski definition) is 5. The van der Waals surface area contributed by atoms with E-state index in [4.69, 9.17) is 4.74 Å². The fraction of sp³-hybridized carbons (Fsp3) is 0.364. The number of hydrogen-bond donors (Lipinski definition) is 1. The van der Waals surface area contributed by atoms with Gasteiger partial charge in [0.1, 0.15) is 6.61 Å². The average Bonchev–Trinajstić information content (AvgIpc) is 2.73. The Morgan fingerprint density at radius 2 is 1.87 bits per heavy atom. The summed E-state index contributed by atoms with van der Waals surface area (Å²) in [6, 6.07) is 15.5. The maximum absolute atomic E-state index is 12.8. The van der Waals surface area contributed by atoms with E-state index in [1.54, 1.807) is 23.1 Å². The van der Waals surface area contributed by atoms with Crippen LogP contribution in [-0.4, -0.2) is 40.5 Å². The number of nitro benzene ring substituents is 1. The minimum Gasteiger partial charge on any atom is -0.445 e. The number of para-hydroxylation sites is 1. The molecule has 1 saturated heterocycles. The highest BCUT2D eigenvalue weighted by atomic mass is 16.6. The number of nitro groups is 1. The van der Waals surface area contributed by atoms with Gasteiger partial charge in [0.15, 0.2) is 0 Å². The molecule has 0 aliphatic carbocycles.